The number of esters is 1. The summed E-state index contributed by atoms with van der Waals surface area (Å²) in [6, 6.07) is 11.5. The molecule has 1 atom stereocenters. The predicted octanol–water partition coefficient (Wildman–Crippen LogP) is 4.11. The number of rotatable bonds is 10. The maximum Gasteiger partial charge on any atom is 0.341 e. The van der Waals surface area contributed by atoms with Crippen LogP contribution in [0.15, 0.2) is 46.9 Å². The Labute approximate surface area is 213 Å². The molecule has 4 N–H and O–H groups in total. The number of amides is 4. The van der Waals surface area contributed by atoms with Crippen LogP contribution in [0.5, 0.6) is 5.75 Å². The molecule has 2 aromatic rings. The van der Waals surface area contributed by atoms with Gasteiger partial charge in [0.1, 0.15) is 5.75 Å². The van der Waals surface area contributed by atoms with E-state index in [0.717, 1.165) is 20.5 Å². The Morgan fingerprint density at radius 2 is 1.71 bits per heavy atom. The largest absolute Gasteiger partial charge is 0.490 e. The first kappa shape index (κ1) is 27.9. The summed E-state index contributed by atoms with van der Waals surface area (Å²) in [5.74, 6) is -0.565. The third-order valence-corrected chi connectivity index (χ3v) is 5.41. The van der Waals surface area contributed by atoms with Crippen LogP contribution >= 0.6 is 15.9 Å². The normalized spacial score (nSPS) is 11.4. The molecule has 0 saturated heterocycles. The molecule has 2 aromatic carbocycles. The van der Waals surface area contributed by atoms with E-state index in [0.29, 0.717) is 11.4 Å². The Morgan fingerprint density at radius 3 is 2.31 bits per heavy atom. The number of urea groups is 2. The van der Waals surface area contributed by atoms with Crippen LogP contribution in [0.4, 0.5) is 15.3 Å². The lowest BCUT2D eigenvalue weighted by atomic mass is 10.1. The molecule has 2 rings (SSSR count). The average Bonchev–Trinajstić information content (AvgIpc) is 2.82. The molecule has 35 heavy (non-hydrogen) atoms. The Bertz CT molecular complexity index is 1020. The van der Waals surface area contributed by atoms with Gasteiger partial charge in [-0.3, -0.25) is 10.2 Å². The van der Waals surface area contributed by atoms with Crippen LogP contribution in [-0.4, -0.2) is 42.7 Å². The fraction of sp³-hybridized carbons (Fsp3) is 0.375. The summed E-state index contributed by atoms with van der Waals surface area (Å²) in [5, 5.41) is 2.70. The molecule has 0 radical (unpaired) electrons. The summed E-state index contributed by atoms with van der Waals surface area (Å²) in [6.45, 7) is 7.45. The number of hydrazine groups is 2. The molecule has 0 aliphatic heterocycles. The van der Waals surface area contributed by atoms with Crippen LogP contribution in [0.25, 0.3) is 0 Å². The van der Waals surface area contributed by atoms with Gasteiger partial charge in [-0.25, -0.2) is 14.5 Å². The van der Waals surface area contributed by atoms with E-state index in [-0.39, 0.29) is 19.2 Å². The van der Waals surface area contributed by atoms with Crippen molar-refractivity contribution in [3.05, 3.63) is 58.1 Å². The number of nitrogens with one attached hydrogen (secondary N) is 4. The highest BCUT2D eigenvalue weighted by Crippen LogP contribution is 2.28. The molecule has 11 heteroatoms. The van der Waals surface area contributed by atoms with Gasteiger partial charge in [0, 0.05) is 13.1 Å². The van der Waals surface area contributed by atoms with Crippen molar-refractivity contribution in [3.63, 3.8) is 0 Å². The van der Waals surface area contributed by atoms with Gasteiger partial charge in [0.05, 0.1) is 29.3 Å². The molecule has 4 amide bonds. The second kappa shape index (κ2) is 13.5. The summed E-state index contributed by atoms with van der Waals surface area (Å²) >= 11 is 3.44. The van der Waals surface area contributed by atoms with E-state index in [1.807, 2.05) is 45.0 Å². The fourth-order valence-corrected chi connectivity index (χ4v) is 3.41. The van der Waals surface area contributed by atoms with Crippen molar-refractivity contribution in [2.75, 3.05) is 19.1 Å². The van der Waals surface area contributed by atoms with Gasteiger partial charge in [-0.1, -0.05) is 36.8 Å². The lowest BCUT2D eigenvalue weighted by Gasteiger charge is -2.24. The predicted molar refractivity (Wildman–Crippen MR) is 136 cm³/mol. The van der Waals surface area contributed by atoms with Crippen molar-refractivity contribution in [1.29, 1.82) is 0 Å². The first-order valence-electron chi connectivity index (χ1n) is 11.1. The molecule has 190 valence electrons. The number of benzene rings is 2. The zero-order valence-electron chi connectivity index (χ0n) is 20.5. The molecule has 0 heterocycles. The first-order chi connectivity index (χ1) is 16.6. The highest BCUT2D eigenvalue weighted by Gasteiger charge is 2.27. The van der Waals surface area contributed by atoms with E-state index in [1.54, 1.807) is 25.1 Å². The van der Waals surface area contributed by atoms with Crippen LogP contribution in [0.2, 0.25) is 0 Å². The van der Waals surface area contributed by atoms with Gasteiger partial charge in [0.2, 0.25) is 0 Å². The number of anilines is 1. The molecule has 0 aromatic heterocycles. The Balaban J connectivity index is 2.00. The van der Waals surface area contributed by atoms with Gasteiger partial charge < -0.3 is 20.2 Å². The average molecular weight is 550 g/mol. The van der Waals surface area contributed by atoms with Gasteiger partial charge in [0.25, 0.3) is 0 Å². The number of nitrogens with zero attached hydrogens (tertiary/aromatic N) is 1. The van der Waals surface area contributed by atoms with Crippen molar-refractivity contribution in [2.45, 2.75) is 40.3 Å². The summed E-state index contributed by atoms with van der Waals surface area (Å²) in [5.41, 5.74) is 10.4. The smallest absolute Gasteiger partial charge is 0.341 e. The fourth-order valence-electron chi connectivity index (χ4n) is 2.94. The Kier molecular flexibility index (Phi) is 10.8. The minimum atomic E-state index is -0.756. The SMILES string of the molecule is COC(=O)[C@@H](C)CN(C(=O)NCc1ccc(C)cc1)C(=O)NNNc1ccc(OC(C)C)c(Br)c1. The number of halogens is 1. The number of hydrogen-bond acceptors (Lipinski definition) is 7. The highest BCUT2D eigenvalue weighted by molar-refractivity contribution is 9.10. The number of imide groups is 1. The third kappa shape index (κ3) is 9.10. The monoisotopic (exact) mass is 549 g/mol. The second-order valence-electron chi connectivity index (χ2n) is 8.17. The van der Waals surface area contributed by atoms with Gasteiger partial charge in [0.15, 0.2) is 0 Å². The van der Waals surface area contributed by atoms with Crippen LogP contribution < -0.4 is 26.4 Å². The molecule has 10 nitrogen and oxygen atoms in total. The van der Waals surface area contributed by atoms with Crippen LogP contribution in [0.3, 0.4) is 0 Å². The molecular formula is C24H32BrN5O5. The topological polar surface area (TPSA) is 121 Å². The lowest BCUT2D eigenvalue weighted by Crippen LogP contribution is -2.54. The van der Waals surface area contributed by atoms with Crippen molar-refractivity contribution in [2.24, 2.45) is 5.92 Å². The van der Waals surface area contributed by atoms with Gasteiger partial charge >= 0.3 is 18.0 Å². The number of ether oxygens (including phenoxy) is 2. The van der Waals surface area contributed by atoms with Crippen molar-refractivity contribution >= 4 is 39.6 Å². The summed E-state index contributed by atoms with van der Waals surface area (Å²) in [6.07, 6.45) is 0.0260. The standard InChI is InChI=1S/C24H32BrN5O5/c1-15(2)35-21-11-10-19(12-20(21)25)27-29-28-24(33)30(14-17(4)22(31)34-5)23(32)26-13-18-8-6-16(3)7-9-18/h6-12,15,17,27,29H,13-14H2,1-5H3,(H,26,32)(H,28,33)/t17-/m0/s1. The molecule has 0 unspecified atom stereocenters. The zero-order chi connectivity index (χ0) is 26.0. The summed E-state index contributed by atoms with van der Waals surface area (Å²) in [7, 11) is 1.25. The van der Waals surface area contributed by atoms with E-state index in [4.69, 9.17) is 9.47 Å². The summed E-state index contributed by atoms with van der Waals surface area (Å²) in [4.78, 5) is 38.4. The van der Waals surface area contributed by atoms with Crippen molar-refractivity contribution in [1.82, 2.24) is 21.2 Å². The Hall–Kier alpha value is -3.31. The Morgan fingerprint density at radius 1 is 1.03 bits per heavy atom. The number of aryl methyl sites for hydroxylation is 1. The van der Waals surface area contributed by atoms with E-state index < -0.39 is 23.9 Å². The van der Waals surface area contributed by atoms with Gasteiger partial charge in [-0.05, 0) is 60.5 Å². The molecular weight excluding hydrogens is 518 g/mol. The van der Waals surface area contributed by atoms with E-state index >= 15 is 0 Å². The quantitative estimate of drug-likeness (QED) is 0.260. The minimum absolute atomic E-state index is 0.0260. The highest BCUT2D eigenvalue weighted by atomic mass is 79.9. The van der Waals surface area contributed by atoms with Gasteiger partial charge in [-0.2, -0.15) is 0 Å². The summed E-state index contributed by atoms with van der Waals surface area (Å²) < 4.78 is 11.1. The van der Waals surface area contributed by atoms with Crippen molar-refractivity contribution < 1.29 is 23.9 Å². The van der Waals surface area contributed by atoms with E-state index in [1.165, 1.54) is 7.11 Å². The van der Waals surface area contributed by atoms with E-state index in [2.05, 4.69) is 37.6 Å². The molecule has 0 aliphatic rings. The number of carbonyl (C=O) groups is 3. The van der Waals surface area contributed by atoms with Crippen LogP contribution in [0, 0.1) is 12.8 Å². The number of hydrogen-bond donors (Lipinski definition) is 4. The molecule has 0 bridgehead atoms. The van der Waals surface area contributed by atoms with Gasteiger partial charge in [-0.15, -0.1) is 5.53 Å². The van der Waals surface area contributed by atoms with Crippen LogP contribution in [0.1, 0.15) is 31.9 Å². The number of carbonyl (C=O) groups excluding carboxylic acids is 3. The molecule has 0 fully saturated rings. The van der Waals surface area contributed by atoms with Crippen LogP contribution in [-0.2, 0) is 16.1 Å². The molecule has 0 spiro atoms. The minimum Gasteiger partial charge on any atom is -0.490 e. The lowest BCUT2D eigenvalue weighted by molar-refractivity contribution is -0.144. The maximum atomic E-state index is 12.8. The zero-order valence-corrected chi connectivity index (χ0v) is 22.1. The number of methoxy groups -OCH3 is 1. The van der Waals surface area contributed by atoms with E-state index in [9.17, 15) is 14.4 Å². The second-order valence-corrected chi connectivity index (χ2v) is 9.03. The first-order valence-corrected chi connectivity index (χ1v) is 11.9. The third-order valence-electron chi connectivity index (χ3n) is 4.79. The molecule has 0 saturated carbocycles. The maximum absolute atomic E-state index is 12.8. The molecule has 0 aliphatic carbocycles. The van der Waals surface area contributed by atoms with Crippen molar-refractivity contribution in [3.8, 4) is 5.75 Å².